The summed E-state index contributed by atoms with van der Waals surface area (Å²) < 4.78 is 1.11. The van der Waals surface area contributed by atoms with E-state index in [4.69, 9.17) is 17.3 Å². The van der Waals surface area contributed by atoms with Gasteiger partial charge in [0, 0.05) is 0 Å². The van der Waals surface area contributed by atoms with Crippen LogP contribution in [0.5, 0.6) is 0 Å². The van der Waals surface area contributed by atoms with Crippen LogP contribution in [0.15, 0.2) is 18.2 Å². The average Bonchev–Trinajstić information content (AvgIpc) is 2.69. The highest BCUT2D eigenvalue weighted by Crippen LogP contribution is 2.29. The molecule has 2 aromatic rings. The predicted molar refractivity (Wildman–Crippen MR) is 71.2 cm³/mol. The summed E-state index contributed by atoms with van der Waals surface area (Å²) in [5, 5.41) is 1.99. The van der Waals surface area contributed by atoms with Gasteiger partial charge < -0.3 is 5.73 Å². The molecule has 0 fully saturated rings. The van der Waals surface area contributed by atoms with Crippen molar-refractivity contribution in [1.82, 2.24) is 4.98 Å². The normalized spacial score (nSPS) is 11.1. The van der Waals surface area contributed by atoms with E-state index in [0.717, 1.165) is 41.0 Å². The zero-order valence-corrected chi connectivity index (χ0v) is 10.7. The second-order valence-electron chi connectivity index (χ2n) is 3.80. The van der Waals surface area contributed by atoms with Crippen LogP contribution in [0.4, 0.5) is 0 Å². The molecule has 0 bridgehead atoms. The number of thiazole rings is 1. The van der Waals surface area contributed by atoms with Crippen LogP contribution in [0.1, 0.15) is 24.3 Å². The van der Waals surface area contributed by atoms with Gasteiger partial charge in [0.2, 0.25) is 0 Å². The Balaban J connectivity index is 2.05. The second-order valence-corrected chi connectivity index (χ2v) is 5.29. The van der Waals surface area contributed by atoms with Crippen molar-refractivity contribution < 1.29 is 0 Å². The number of hydrogen-bond donors (Lipinski definition) is 1. The van der Waals surface area contributed by atoms with Gasteiger partial charge in [0.1, 0.15) is 0 Å². The maximum absolute atomic E-state index is 6.11. The number of halogens is 1. The molecule has 2 rings (SSSR count). The highest BCUT2D eigenvalue weighted by atomic mass is 35.5. The van der Waals surface area contributed by atoms with Crippen LogP contribution in [0, 0.1) is 0 Å². The number of benzene rings is 1. The van der Waals surface area contributed by atoms with Crippen molar-refractivity contribution in [1.29, 1.82) is 0 Å². The first-order valence-corrected chi connectivity index (χ1v) is 6.74. The van der Waals surface area contributed by atoms with Gasteiger partial charge in [-0.15, -0.1) is 11.3 Å². The van der Waals surface area contributed by atoms with Crippen molar-refractivity contribution in [3.8, 4) is 0 Å². The molecule has 0 radical (unpaired) electrons. The Bertz CT molecular complexity index is 467. The van der Waals surface area contributed by atoms with Gasteiger partial charge in [-0.05, 0) is 37.9 Å². The minimum atomic E-state index is 0.783. The van der Waals surface area contributed by atoms with Gasteiger partial charge in [-0.1, -0.05) is 24.1 Å². The minimum Gasteiger partial charge on any atom is -0.330 e. The van der Waals surface area contributed by atoms with E-state index in [1.807, 2.05) is 18.2 Å². The van der Waals surface area contributed by atoms with Gasteiger partial charge in [-0.3, -0.25) is 0 Å². The smallest absolute Gasteiger partial charge is 0.0939 e. The topological polar surface area (TPSA) is 38.9 Å². The van der Waals surface area contributed by atoms with Gasteiger partial charge in [0.05, 0.1) is 20.2 Å². The maximum atomic E-state index is 6.11. The quantitative estimate of drug-likeness (QED) is 0.828. The molecule has 1 heterocycles. The molecule has 0 saturated heterocycles. The van der Waals surface area contributed by atoms with Crippen molar-refractivity contribution in [3.63, 3.8) is 0 Å². The van der Waals surface area contributed by atoms with Crippen molar-refractivity contribution in [2.75, 3.05) is 6.54 Å². The fourth-order valence-electron chi connectivity index (χ4n) is 1.67. The molecule has 0 aliphatic rings. The lowest BCUT2D eigenvalue weighted by Gasteiger charge is -1.95. The first-order valence-electron chi connectivity index (χ1n) is 5.55. The number of fused-ring (bicyclic) bond motifs is 1. The van der Waals surface area contributed by atoms with E-state index in [1.165, 1.54) is 11.4 Å². The number of nitrogens with two attached hydrogens (primary N) is 1. The van der Waals surface area contributed by atoms with Gasteiger partial charge in [0.25, 0.3) is 0 Å². The molecular formula is C12H15ClN2S. The van der Waals surface area contributed by atoms with Crippen molar-refractivity contribution in [2.45, 2.75) is 25.7 Å². The first-order chi connectivity index (χ1) is 7.81. The van der Waals surface area contributed by atoms with E-state index >= 15 is 0 Å². The predicted octanol–water partition coefficient (Wildman–Crippen LogP) is 3.62. The number of unbranched alkanes of at least 4 members (excludes halogenated alkanes) is 2. The van der Waals surface area contributed by atoms with Crippen LogP contribution in [0.3, 0.4) is 0 Å². The highest BCUT2D eigenvalue weighted by molar-refractivity contribution is 7.19. The van der Waals surface area contributed by atoms with Crippen LogP contribution >= 0.6 is 22.9 Å². The second kappa shape index (κ2) is 5.62. The molecule has 2 nitrogen and oxygen atoms in total. The third-order valence-electron chi connectivity index (χ3n) is 2.51. The van der Waals surface area contributed by atoms with Gasteiger partial charge in [-0.25, -0.2) is 4.98 Å². The summed E-state index contributed by atoms with van der Waals surface area (Å²) >= 11 is 7.82. The monoisotopic (exact) mass is 254 g/mol. The van der Waals surface area contributed by atoms with Crippen LogP contribution in [0.25, 0.3) is 10.2 Å². The van der Waals surface area contributed by atoms with E-state index in [2.05, 4.69) is 4.98 Å². The zero-order chi connectivity index (χ0) is 11.4. The van der Waals surface area contributed by atoms with Crippen molar-refractivity contribution >= 4 is 33.2 Å². The first kappa shape index (κ1) is 11.8. The summed E-state index contributed by atoms with van der Waals surface area (Å²) in [4.78, 5) is 4.57. The summed E-state index contributed by atoms with van der Waals surface area (Å²) in [6.07, 6.45) is 4.48. The largest absolute Gasteiger partial charge is 0.330 e. The molecule has 0 amide bonds. The molecular weight excluding hydrogens is 240 g/mol. The maximum Gasteiger partial charge on any atom is 0.0939 e. The van der Waals surface area contributed by atoms with Gasteiger partial charge >= 0.3 is 0 Å². The summed E-state index contributed by atoms with van der Waals surface area (Å²) in [6.45, 7) is 0.783. The molecule has 1 aromatic carbocycles. The summed E-state index contributed by atoms with van der Waals surface area (Å²) in [6, 6.07) is 5.88. The molecule has 4 heteroatoms. The lowest BCUT2D eigenvalue weighted by molar-refractivity contribution is 0.685. The minimum absolute atomic E-state index is 0.783. The number of aromatic nitrogens is 1. The molecule has 86 valence electrons. The van der Waals surface area contributed by atoms with Crippen molar-refractivity contribution in [3.05, 3.63) is 28.2 Å². The Labute approximate surface area is 104 Å². The Morgan fingerprint density at radius 1 is 1.25 bits per heavy atom. The lowest BCUT2D eigenvalue weighted by atomic mass is 10.2. The SMILES string of the molecule is NCCCCCc1nc2cccc(Cl)c2s1. The third kappa shape index (κ3) is 2.73. The Hall–Kier alpha value is -0.640. The van der Waals surface area contributed by atoms with Gasteiger partial charge in [0.15, 0.2) is 0 Å². The van der Waals surface area contributed by atoms with E-state index in [0.29, 0.717) is 0 Å². The lowest BCUT2D eigenvalue weighted by Crippen LogP contribution is -1.98. The fraction of sp³-hybridized carbons (Fsp3) is 0.417. The molecule has 0 unspecified atom stereocenters. The van der Waals surface area contributed by atoms with Crippen LogP contribution in [-0.4, -0.2) is 11.5 Å². The molecule has 0 saturated carbocycles. The molecule has 2 N–H and O–H groups in total. The Morgan fingerprint density at radius 2 is 2.12 bits per heavy atom. The van der Waals surface area contributed by atoms with Crippen LogP contribution in [0.2, 0.25) is 5.02 Å². The van der Waals surface area contributed by atoms with Gasteiger partial charge in [-0.2, -0.15) is 0 Å². The Morgan fingerprint density at radius 3 is 2.88 bits per heavy atom. The molecule has 1 aromatic heterocycles. The van der Waals surface area contributed by atoms with E-state index in [9.17, 15) is 0 Å². The van der Waals surface area contributed by atoms with E-state index in [-0.39, 0.29) is 0 Å². The molecule has 16 heavy (non-hydrogen) atoms. The summed E-state index contributed by atoms with van der Waals surface area (Å²) in [5.41, 5.74) is 6.48. The van der Waals surface area contributed by atoms with Crippen molar-refractivity contribution in [2.24, 2.45) is 5.73 Å². The van der Waals surface area contributed by atoms with Crippen LogP contribution < -0.4 is 5.73 Å². The summed E-state index contributed by atoms with van der Waals surface area (Å²) in [7, 11) is 0. The van der Waals surface area contributed by atoms with E-state index in [1.54, 1.807) is 11.3 Å². The highest BCUT2D eigenvalue weighted by Gasteiger charge is 2.06. The molecule has 0 aliphatic heterocycles. The molecule has 0 spiro atoms. The standard InChI is InChI=1S/C12H15ClN2S/c13-9-5-4-6-10-12(9)16-11(15-10)7-2-1-3-8-14/h4-6H,1-3,7-8,14H2. The third-order valence-corrected chi connectivity index (χ3v) is 4.10. The van der Waals surface area contributed by atoms with E-state index < -0.39 is 0 Å². The molecule has 0 atom stereocenters. The van der Waals surface area contributed by atoms with Crippen LogP contribution in [-0.2, 0) is 6.42 Å². The molecule has 0 aliphatic carbocycles. The average molecular weight is 255 g/mol. The number of hydrogen-bond acceptors (Lipinski definition) is 3. The zero-order valence-electron chi connectivity index (χ0n) is 9.08. The number of nitrogens with zero attached hydrogens (tertiary/aromatic N) is 1. The number of aryl methyl sites for hydroxylation is 1. The Kier molecular flexibility index (Phi) is 4.16. The number of rotatable bonds is 5. The fourth-order valence-corrected chi connectivity index (χ4v) is 2.96. The summed E-state index contributed by atoms with van der Waals surface area (Å²) in [5.74, 6) is 0.